The molecule has 6 nitrogen and oxygen atoms in total. The molecule has 512 valence electrons. The number of para-hydroxylation sites is 3. The Morgan fingerprint density at radius 3 is 1.75 bits per heavy atom. The van der Waals surface area contributed by atoms with Crippen LogP contribution in [0.5, 0.6) is 11.5 Å². The van der Waals surface area contributed by atoms with E-state index in [-0.39, 0.29) is 37.5 Å². The van der Waals surface area contributed by atoms with Gasteiger partial charge in [0, 0.05) is 55.1 Å². The van der Waals surface area contributed by atoms with E-state index in [2.05, 4.69) is 125 Å². The third kappa shape index (κ3) is 11.1. The molecular formula is C98H72N4O2PtSi-2. The number of benzene rings is 14. The summed E-state index contributed by atoms with van der Waals surface area (Å²) >= 11 is 0. The molecule has 0 radical (unpaired) electrons. The predicted molar refractivity (Wildman–Crippen MR) is 434 cm³/mol. The van der Waals surface area contributed by atoms with E-state index in [1.54, 1.807) is 18.2 Å². The Labute approximate surface area is 659 Å². The van der Waals surface area contributed by atoms with Crippen molar-refractivity contribution in [3.05, 3.63) is 357 Å². The Bertz CT molecular complexity index is 7450. The standard InChI is InChI=1S/C98H72N4O2Si.Pt/c1-97(2,3)69-47-43-64(44-48-69)78-39-24-40-85-86-56-66(65-25-22-34-77(55-65)105(74-28-10-7-11-29-74,75-30-12-8-13-31-75)76-32-14-9-15-33-76)45-50-81(86)79-35-16-17-36-80(79)88-58-68(67-46-52-93-87(57-67)84-38-19-21-42-92(84)104-93)59-91-96(88)101(95(78)85)63-100(91)71-26-23-27-72(61-71)103-73-49-51-83-82-37-18-20-41-89(82)102(90(83)62-73)94-60-70(53-54-99-94)98(4,5)6;/h7-60H,1-6H3;/q-2;/i7D,8D,9D,10D,11D,12D,13D,14D,15D,22D,25D,28D,29D,30D,31D,32D,33D,34D,55D;. The zero-order chi connectivity index (χ0) is 87.2. The van der Waals surface area contributed by atoms with E-state index in [1.807, 2.05) is 143 Å². The minimum atomic E-state index is -6.25. The van der Waals surface area contributed by atoms with Crippen molar-refractivity contribution >= 4 is 83.6 Å². The second-order valence-corrected chi connectivity index (χ2v) is 31.9. The number of ether oxygens (including phenoxy) is 1. The minimum absolute atomic E-state index is 0. The van der Waals surface area contributed by atoms with Gasteiger partial charge in [0.05, 0.1) is 42.8 Å². The molecule has 8 heteroatoms. The third-order valence-corrected chi connectivity index (χ3v) is 24.1. The van der Waals surface area contributed by atoms with Gasteiger partial charge in [-0.1, -0.05) is 289 Å². The second kappa shape index (κ2) is 26.0. The normalized spacial score (nSPS) is 14.7. The van der Waals surface area contributed by atoms with Crippen LogP contribution >= 0.6 is 0 Å². The monoisotopic (exact) mass is 1580 g/mol. The Morgan fingerprint density at radius 2 is 1.02 bits per heavy atom. The molecule has 18 aromatic rings. The molecule has 19 rings (SSSR count). The van der Waals surface area contributed by atoms with Gasteiger partial charge in [-0.3, -0.25) is 4.57 Å². The molecule has 0 aliphatic carbocycles. The maximum Gasteiger partial charge on any atom is 0.268 e. The fourth-order valence-corrected chi connectivity index (χ4v) is 18.6. The molecule has 0 saturated heterocycles. The topological polar surface area (TPSA) is 49.0 Å². The molecule has 106 heavy (non-hydrogen) atoms. The quantitative estimate of drug-likeness (QED) is 0.0561. The Kier molecular flexibility index (Phi) is 11.8. The summed E-state index contributed by atoms with van der Waals surface area (Å²) in [6.07, 6.45) is 5.76. The Morgan fingerprint density at radius 1 is 0.425 bits per heavy atom. The van der Waals surface area contributed by atoms with Crippen molar-refractivity contribution in [3.63, 3.8) is 0 Å². The molecule has 0 unspecified atom stereocenters. The van der Waals surface area contributed by atoms with E-state index in [4.69, 9.17) is 18.3 Å². The van der Waals surface area contributed by atoms with E-state index in [9.17, 15) is 21.9 Å². The summed E-state index contributed by atoms with van der Waals surface area (Å²) < 4.78 is 202. The van der Waals surface area contributed by atoms with Gasteiger partial charge in [-0.15, -0.1) is 29.7 Å². The van der Waals surface area contributed by atoms with E-state index < -0.39 is 149 Å². The first kappa shape index (κ1) is 48.1. The minimum Gasteiger partial charge on any atom is -0.510 e. The molecule has 14 aromatic carbocycles. The van der Waals surface area contributed by atoms with Crippen molar-refractivity contribution < 1.29 is 60.8 Å². The summed E-state index contributed by atoms with van der Waals surface area (Å²) in [4.78, 5) is 4.92. The van der Waals surface area contributed by atoms with Crippen molar-refractivity contribution in [2.24, 2.45) is 0 Å². The van der Waals surface area contributed by atoms with Gasteiger partial charge < -0.3 is 18.3 Å². The van der Waals surface area contributed by atoms with Crippen LogP contribution in [0.2, 0.25) is 0 Å². The largest absolute Gasteiger partial charge is 0.510 e. The van der Waals surface area contributed by atoms with Crippen molar-refractivity contribution in [1.82, 2.24) is 14.1 Å². The van der Waals surface area contributed by atoms with E-state index in [0.717, 1.165) is 82.9 Å². The number of imidazole rings is 1. The summed E-state index contributed by atoms with van der Waals surface area (Å²) in [6.45, 7) is 12.9. The summed E-state index contributed by atoms with van der Waals surface area (Å²) in [5, 5.41) is 0.0750. The van der Waals surface area contributed by atoms with Crippen molar-refractivity contribution in [2.45, 2.75) is 52.4 Å². The fraction of sp³-hybridized carbons (Fsp3) is 0.0816. The van der Waals surface area contributed by atoms with Gasteiger partial charge in [0.2, 0.25) is 0 Å². The van der Waals surface area contributed by atoms with Crippen LogP contribution < -0.4 is 30.1 Å². The Balaban J connectivity index is 0.0000106. The van der Waals surface area contributed by atoms with Crippen molar-refractivity contribution in [2.75, 3.05) is 0 Å². The number of fused-ring (bicyclic) bond motifs is 13. The maximum absolute atomic E-state index is 11.0. The first-order chi connectivity index (χ1) is 59.2. The number of hydrogen-bond acceptors (Lipinski definition) is 3. The SMILES string of the molecule is [2H]c1c([2H])c([2H])c([Si](c2c([2H])c([2H])c([2H])c([2H])c2[2H])(c2c([2H])c([2H])c([2H])c([2H])c2[2H])c2c([2H])c([2H])c([2H])c(-c3ccc4c(c3)-c3cccc(-c5ccc(C(C)(C)C)cc5)c3-[n+]3[c-]n(-c5[c-]c(Oc6[c-]c7c(cc6)c6ccccc6n7-c6cc(C(C)(C)C)ccn6)ccc5)c5cc(-c6ccc7oc8ccccc8c7c6)cc(c53)-c3ccccc3-4)c2[2H])c([2H])c1[2H].[Pt]. The van der Waals surface area contributed by atoms with Crippen LogP contribution in [0.1, 0.15) is 78.7 Å². The third-order valence-electron chi connectivity index (χ3n) is 20.1. The predicted octanol–water partition coefficient (Wildman–Crippen LogP) is 21.8. The van der Waals surface area contributed by atoms with Gasteiger partial charge >= 0.3 is 0 Å². The first-order valence-electron chi connectivity index (χ1n) is 44.1. The second-order valence-electron chi connectivity index (χ2n) is 28.4. The van der Waals surface area contributed by atoms with E-state index >= 15 is 0 Å². The number of furan rings is 1. The number of aromatic nitrogens is 4. The van der Waals surface area contributed by atoms with Crippen LogP contribution in [-0.2, 0) is 31.9 Å². The number of pyridine rings is 1. The van der Waals surface area contributed by atoms with Crippen LogP contribution in [-0.4, -0.2) is 22.2 Å². The molecule has 4 aromatic heterocycles. The summed E-state index contributed by atoms with van der Waals surface area (Å²) in [6, 6.07) is 55.2. The van der Waals surface area contributed by atoms with Gasteiger partial charge in [-0.05, 0) is 169 Å². The van der Waals surface area contributed by atoms with Crippen LogP contribution in [0.3, 0.4) is 0 Å². The molecule has 0 N–H and O–H groups in total. The number of nitrogens with zero attached hydrogens (tertiary/aromatic N) is 4. The van der Waals surface area contributed by atoms with Gasteiger partial charge in [0.15, 0.2) is 8.07 Å². The summed E-state index contributed by atoms with van der Waals surface area (Å²) in [7, 11) is -6.25. The molecule has 1 aliphatic heterocycles. The summed E-state index contributed by atoms with van der Waals surface area (Å²) in [5.74, 6) is 1.49. The Hall–Kier alpha value is -12.0. The molecule has 0 saturated carbocycles. The van der Waals surface area contributed by atoms with Gasteiger partial charge in [0.1, 0.15) is 17.0 Å². The van der Waals surface area contributed by atoms with Crippen LogP contribution in [0, 0.1) is 18.5 Å². The first-order valence-corrected chi connectivity index (χ1v) is 36.6. The molecule has 5 heterocycles. The average molecular weight is 1580 g/mol. The number of rotatable bonds is 11. The van der Waals surface area contributed by atoms with Gasteiger partial charge in [-0.25, -0.2) is 4.98 Å². The van der Waals surface area contributed by atoms with Crippen LogP contribution in [0.15, 0.2) is 332 Å². The van der Waals surface area contributed by atoms with Gasteiger partial charge in [-0.2, -0.15) is 18.2 Å². The zero-order valence-corrected chi connectivity index (χ0v) is 61.4. The molecule has 0 bridgehead atoms. The van der Waals surface area contributed by atoms with Crippen molar-refractivity contribution in [3.8, 4) is 95.5 Å². The molecule has 1 aliphatic rings. The molecule has 0 fully saturated rings. The number of hydrogen-bond donors (Lipinski definition) is 0. The van der Waals surface area contributed by atoms with Gasteiger partial charge in [0.25, 0.3) is 6.33 Å². The fourth-order valence-electron chi connectivity index (χ4n) is 15.0. The summed E-state index contributed by atoms with van der Waals surface area (Å²) in [5.41, 5.74) is 13.8. The van der Waals surface area contributed by atoms with Crippen LogP contribution in [0.25, 0.3) is 139 Å². The molecule has 0 amide bonds. The van der Waals surface area contributed by atoms with Crippen molar-refractivity contribution in [1.29, 1.82) is 0 Å². The zero-order valence-electron chi connectivity index (χ0n) is 77.1. The van der Waals surface area contributed by atoms with E-state index in [0.29, 0.717) is 67.3 Å². The van der Waals surface area contributed by atoms with E-state index in [1.165, 1.54) is 0 Å². The maximum atomic E-state index is 11.0. The molecule has 0 spiro atoms. The molecular weight excluding hydrogens is 1490 g/mol. The average Bonchev–Trinajstić information content (AvgIpc) is 1.55. The smallest absolute Gasteiger partial charge is 0.268 e. The van der Waals surface area contributed by atoms with Crippen LogP contribution in [0.4, 0.5) is 0 Å². The molecule has 0 atom stereocenters.